The van der Waals surface area contributed by atoms with Crippen LogP contribution in [0.3, 0.4) is 0 Å². The van der Waals surface area contributed by atoms with Crippen LogP contribution in [0.5, 0.6) is 0 Å². The first-order valence-electron chi connectivity index (χ1n) is 6.45. The van der Waals surface area contributed by atoms with E-state index in [4.69, 9.17) is 14.2 Å². The van der Waals surface area contributed by atoms with Crippen LogP contribution in [-0.2, 0) is 28.6 Å². The molecule has 0 aromatic rings. The molecule has 0 fully saturated rings. The highest BCUT2D eigenvalue weighted by Crippen LogP contribution is 2.41. The third-order valence-corrected chi connectivity index (χ3v) is 3.08. The van der Waals surface area contributed by atoms with Gasteiger partial charge in [0, 0.05) is 31.4 Å². The normalized spacial score (nSPS) is 22.1. The van der Waals surface area contributed by atoms with Crippen molar-refractivity contribution in [2.24, 2.45) is 5.41 Å². The topological polar surface area (TPSA) is 78.9 Å². The summed E-state index contributed by atoms with van der Waals surface area (Å²) < 4.78 is 15.4. The lowest BCUT2D eigenvalue weighted by atomic mass is 9.71. The number of methoxy groups -OCH3 is 1. The van der Waals surface area contributed by atoms with E-state index in [0.717, 1.165) is 0 Å². The van der Waals surface area contributed by atoms with Crippen LogP contribution in [0, 0.1) is 5.41 Å². The zero-order chi connectivity index (χ0) is 16.4. The van der Waals surface area contributed by atoms with Crippen molar-refractivity contribution in [1.29, 1.82) is 0 Å². The van der Waals surface area contributed by atoms with E-state index in [1.165, 1.54) is 33.1 Å². The van der Waals surface area contributed by atoms with Gasteiger partial charge in [0.1, 0.15) is 5.76 Å². The monoisotopic (exact) mass is 296 g/mol. The fourth-order valence-corrected chi connectivity index (χ4v) is 2.07. The minimum absolute atomic E-state index is 0.0371. The fourth-order valence-electron chi connectivity index (χ4n) is 2.07. The number of rotatable bonds is 3. The maximum Gasteiger partial charge on any atom is 0.308 e. The first kappa shape index (κ1) is 16.9. The number of ketones is 1. The number of ether oxygens (including phenoxy) is 3. The lowest BCUT2D eigenvalue weighted by Gasteiger charge is -2.41. The van der Waals surface area contributed by atoms with E-state index in [0.29, 0.717) is 0 Å². The molecule has 0 spiro atoms. The van der Waals surface area contributed by atoms with Crippen molar-refractivity contribution in [3.8, 4) is 0 Å². The number of hydrogen-bond donors (Lipinski definition) is 0. The summed E-state index contributed by atoms with van der Waals surface area (Å²) in [6.45, 7) is 7.68. The summed E-state index contributed by atoms with van der Waals surface area (Å²) in [5.41, 5.74) is -2.36. The molecule has 0 aromatic carbocycles. The van der Waals surface area contributed by atoms with Crippen LogP contribution in [0.15, 0.2) is 23.7 Å². The van der Waals surface area contributed by atoms with Crippen molar-refractivity contribution in [2.45, 2.75) is 40.2 Å². The summed E-state index contributed by atoms with van der Waals surface area (Å²) in [6.07, 6.45) is 2.65. The highest BCUT2D eigenvalue weighted by Gasteiger charge is 2.54. The van der Waals surface area contributed by atoms with Gasteiger partial charge in [-0.3, -0.25) is 14.4 Å². The summed E-state index contributed by atoms with van der Waals surface area (Å²) >= 11 is 0. The summed E-state index contributed by atoms with van der Waals surface area (Å²) in [6, 6.07) is 0. The summed E-state index contributed by atoms with van der Waals surface area (Å²) in [5.74, 6) is -1.59. The molecule has 116 valence electrons. The highest BCUT2D eigenvalue weighted by atomic mass is 16.6. The second-order valence-electron chi connectivity index (χ2n) is 5.76. The Morgan fingerprint density at radius 1 is 1.14 bits per heavy atom. The van der Waals surface area contributed by atoms with Gasteiger partial charge >= 0.3 is 11.9 Å². The Kier molecular flexibility index (Phi) is 4.61. The number of Topliss-reactive ketones (excluding diaryl/α,β-unsaturated/α-hetero) is 1. The number of carbonyl (C=O) groups excluding carboxylic acids is 3. The van der Waals surface area contributed by atoms with Gasteiger partial charge in [-0.05, 0) is 0 Å². The van der Waals surface area contributed by atoms with Crippen molar-refractivity contribution in [2.75, 3.05) is 7.11 Å². The lowest BCUT2D eigenvalue weighted by Crippen LogP contribution is -2.54. The van der Waals surface area contributed by atoms with E-state index in [2.05, 4.69) is 0 Å². The van der Waals surface area contributed by atoms with Crippen LogP contribution in [-0.4, -0.2) is 30.4 Å². The summed E-state index contributed by atoms with van der Waals surface area (Å²) in [4.78, 5) is 35.2. The van der Waals surface area contributed by atoms with Crippen molar-refractivity contribution in [3.05, 3.63) is 23.7 Å². The fraction of sp³-hybridized carbons (Fsp3) is 0.533. The number of esters is 2. The van der Waals surface area contributed by atoms with Crippen LogP contribution >= 0.6 is 0 Å². The molecule has 1 aliphatic rings. The molecule has 0 saturated heterocycles. The zero-order valence-electron chi connectivity index (χ0n) is 13.1. The standard InChI is InChI=1S/C15H20O6/c1-9(16)20-11-7-12(19-6)13(18)15(8-11,14(3,4)5)21-10(2)17/h7-8H,1-6H3. The van der Waals surface area contributed by atoms with Gasteiger partial charge in [0.15, 0.2) is 5.76 Å². The van der Waals surface area contributed by atoms with E-state index < -0.39 is 28.7 Å². The molecule has 0 bridgehead atoms. The van der Waals surface area contributed by atoms with Crippen molar-refractivity contribution >= 4 is 17.7 Å². The third-order valence-electron chi connectivity index (χ3n) is 3.08. The molecular formula is C15H20O6. The smallest absolute Gasteiger partial charge is 0.308 e. The van der Waals surface area contributed by atoms with Crippen LogP contribution in [0.2, 0.25) is 0 Å². The number of allylic oxidation sites excluding steroid dienone is 1. The van der Waals surface area contributed by atoms with Gasteiger partial charge in [-0.1, -0.05) is 20.8 Å². The van der Waals surface area contributed by atoms with E-state index in [-0.39, 0.29) is 11.5 Å². The Morgan fingerprint density at radius 3 is 2.10 bits per heavy atom. The Morgan fingerprint density at radius 2 is 1.71 bits per heavy atom. The van der Waals surface area contributed by atoms with Gasteiger partial charge in [-0.25, -0.2) is 0 Å². The Labute approximate surface area is 123 Å². The average Bonchev–Trinajstić information content (AvgIpc) is 2.30. The van der Waals surface area contributed by atoms with Crippen molar-refractivity contribution in [3.63, 3.8) is 0 Å². The molecule has 1 unspecified atom stereocenters. The van der Waals surface area contributed by atoms with Crippen molar-refractivity contribution in [1.82, 2.24) is 0 Å². The Bertz CT molecular complexity index is 535. The maximum absolute atomic E-state index is 12.6. The molecule has 1 rings (SSSR count). The minimum Gasteiger partial charge on any atom is -0.493 e. The van der Waals surface area contributed by atoms with Gasteiger partial charge in [0.05, 0.1) is 7.11 Å². The molecule has 0 saturated carbocycles. The molecule has 1 aliphatic carbocycles. The molecule has 0 radical (unpaired) electrons. The Hall–Kier alpha value is -2.11. The molecule has 0 amide bonds. The molecule has 0 aromatic heterocycles. The van der Waals surface area contributed by atoms with E-state index in [9.17, 15) is 14.4 Å². The van der Waals surface area contributed by atoms with Gasteiger partial charge in [0.2, 0.25) is 11.4 Å². The predicted octanol–water partition coefficient (Wildman–Crippen LogP) is 1.89. The maximum atomic E-state index is 12.6. The molecule has 21 heavy (non-hydrogen) atoms. The number of carbonyl (C=O) groups is 3. The molecule has 6 heteroatoms. The molecule has 0 aliphatic heterocycles. The average molecular weight is 296 g/mol. The second kappa shape index (κ2) is 5.71. The third kappa shape index (κ3) is 3.32. The first-order chi connectivity index (χ1) is 9.53. The van der Waals surface area contributed by atoms with Gasteiger partial charge in [-0.2, -0.15) is 0 Å². The second-order valence-corrected chi connectivity index (χ2v) is 5.76. The van der Waals surface area contributed by atoms with Gasteiger partial charge in [-0.15, -0.1) is 0 Å². The van der Waals surface area contributed by atoms with Crippen LogP contribution in [0.25, 0.3) is 0 Å². The van der Waals surface area contributed by atoms with Crippen LogP contribution in [0.1, 0.15) is 34.6 Å². The zero-order valence-corrected chi connectivity index (χ0v) is 13.1. The van der Waals surface area contributed by atoms with E-state index in [1.54, 1.807) is 20.8 Å². The van der Waals surface area contributed by atoms with E-state index in [1.807, 2.05) is 0 Å². The van der Waals surface area contributed by atoms with Crippen molar-refractivity contribution < 1.29 is 28.6 Å². The molecular weight excluding hydrogens is 276 g/mol. The largest absolute Gasteiger partial charge is 0.493 e. The van der Waals surface area contributed by atoms with E-state index >= 15 is 0 Å². The van der Waals surface area contributed by atoms with Gasteiger partial charge < -0.3 is 14.2 Å². The van der Waals surface area contributed by atoms with Gasteiger partial charge in [0.25, 0.3) is 0 Å². The van der Waals surface area contributed by atoms with Crippen LogP contribution < -0.4 is 0 Å². The van der Waals surface area contributed by atoms with Crippen LogP contribution in [0.4, 0.5) is 0 Å². The quantitative estimate of drug-likeness (QED) is 0.740. The molecule has 1 atom stereocenters. The molecule has 0 N–H and O–H groups in total. The minimum atomic E-state index is -1.59. The number of hydrogen-bond acceptors (Lipinski definition) is 6. The summed E-state index contributed by atoms with van der Waals surface area (Å²) in [5, 5.41) is 0. The molecule has 0 heterocycles. The lowest BCUT2D eigenvalue weighted by molar-refractivity contribution is -0.171. The summed E-state index contributed by atoms with van der Waals surface area (Å²) in [7, 11) is 1.32. The molecule has 6 nitrogen and oxygen atoms in total. The Balaban J connectivity index is 3.48. The highest BCUT2D eigenvalue weighted by molar-refractivity contribution is 6.05. The predicted molar refractivity (Wildman–Crippen MR) is 73.9 cm³/mol. The first-order valence-corrected chi connectivity index (χ1v) is 6.45. The SMILES string of the molecule is COC1=CC(OC(C)=O)=CC(OC(C)=O)(C(C)(C)C)C1=O.